The van der Waals surface area contributed by atoms with Crippen LogP contribution < -0.4 is 14.2 Å². The lowest BCUT2D eigenvalue weighted by Crippen LogP contribution is -2.31. The molecule has 0 aromatic heterocycles. The van der Waals surface area contributed by atoms with Gasteiger partial charge in [-0.2, -0.15) is 0 Å². The average molecular weight is 548 g/mol. The molecule has 1 unspecified atom stereocenters. The minimum Gasteiger partial charge on any atom is -0.507 e. The Bertz CT molecular complexity index is 1380. The summed E-state index contributed by atoms with van der Waals surface area (Å²) in [4.78, 5) is 28.3. The van der Waals surface area contributed by atoms with Crippen molar-refractivity contribution in [1.29, 1.82) is 0 Å². The average Bonchev–Trinajstić information content (AvgIpc) is 3.18. The maximum atomic E-state index is 13.5. The molecule has 0 spiro atoms. The zero-order valence-corrected chi connectivity index (χ0v) is 23.1. The molecule has 3 aromatic rings. The van der Waals surface area contributed by atoms with E-state index in [4.69, 9.17) is 14.2 Å². The summed E-state index contributed by atoms with van der Waals surface area (Å²) >= 11 is 0. The molecule has 3 aromatic carbocycles. The van der Waals surface area contributed by atoms with E-state index in [2.05, 4.69) is 0 Å². The zero-order chi connectivity index (χ0) is 28.8. The normalized spacial score (nSPS) is 16.4. The van der Waals surface area contributed by atoms with Gasteiger partial charge in [0.05, 0.1) is 36.5 Å². The highest BCUT2D eigenvalue weighted by molar-refractivity contribution is 6.46. The second-order valence-electron chi connectivity index (χ2n) is 9.63. The van der Waals surface area contributed by atoms with Crippen LogP contribution in [0.3, 0.4) is 0 Å². The van der Waals surface area contributed by atoms with Crippen LogP contribution in [0.15, 0.2) is 72.3 Å². The minimum absolute atomic E-state index is 0.0242. The van der Waals surface area contributed by atoms with Crippen molar-refractivity contribution in [3.8, 4) is 17.2 Å². The predicted molar refractivity (Wildman–Crippen MR) is 150 cm³/mol. The molecule has 4 rings (SSSR count). The summed E-state index contributed by atoms with van der Waals surface area (Å²) in [5.74, 6) is -0.662. The Kier molecular flexibility index (Phi) is 9.09. The van der Waals surface area contributed by atoms with Gasteiger partial charge in [0.1, 0.15) is 28.8 Å². The number of halogens is 1. The predicted octanol–water partition coefficient (Wildman–Crippen LogP) is 6.07. The summed E-state index contributed by atoms with van der Waals surface area (Å²) in [6.45, 7) is 8.47. The smallest absolute Gasteiger partial charge is 0.295 e. The molecule has 0 bridgehead atoms. The Balaban J connectivity index is 1.80. The molecule has 1 fully saturated rings. The fourth-order valence-corrected chi connectivity index (χ4v) is 4.73. The van der Waals surface area contributed by atoms with Gasteiger partial charge in [-0.1, -0.05) is 24.3 Å². The SMILES string of the molecule is CCOc1ccc(/C(O)=C2/C(=O)C(=O)N(CCc3ccc(F)cc3)C2c2ccc(OC(C)C)cc2)c(OCC)c1. The first-order valence-electron chi connectivity index (χ1n) is 13.4. The van der Waals surface area contributed by atoms with Gasteiger partial charge in [0.15, 0.2) is 0 Å². The van der Waals surface area contributed by atoms with Crippen LogP contribution in [0.25, 0.3) is 5.76 Å². The standard InChI is InChI=1S/C32H34FNO6/c1-5-38-25-15-16-26(27(19-25)39-6-2)30(35)28-29(22-9-13-24(14-10-22)40-20(3)4)34(32(37)31(28)36)18-17-21-7-11-23(33)12-8-21/h7-16,19-20,29,35H,5-6,17-18H2,1-4H3/b30-28-. The summed E-state index contributed by atoms with van der Waals surface area (Å²) in [6, 6.07) is 17.2. The molecule has 40 heavy (non-hydrogen) atoms. The van der Waals surface area contributed by atoms with Crippen LogP contribution in [-0.2, 0) is 16.0 Å². The second-order valence-corrected chi connectivity index (χ2v) is 9.63. The Labute approximate surface area is 233 Å². The first-order chi connectivity index (χ1) is 19.2. The molecule has 1 aliphatic heterocycles. The number of hydrogen-bond donors (Lipinski definition) is 1. The summed E-state index contributed by atoms with van der Waals surface area (Å²) in [5.41, 5.74) is 1.70. The number of carbonyl (C=O) groups is 2. The first-order valence-corrected chi connectivity index (χ1v) is 13.4. The molecule has 0 radical (unpaired) electrons. The molecule has 0 saturated carbocycles. The highest BCUT2D eigenvalue weighted by Gasteiger charge is 2.46. The van der Waals surface area contributed by atoms with Crippen molar-refractivity contribution in [1.82, 2.24) is 4.90 Å². The Hall–Kier alpha value is -4.33. The van der Waals surface area contributed by atoms with Gasteiger partial charge in [0.25, 0.3) is 11.7 Å². The third kappa shape index (κ3) is 6.28. The summed E-state index contributed by atoms with van der Waals surface area (Å²) < 4.78 is 30.5. The molecule has 1 heterocycles. The molecule has 210 valence electrons. The molecule has 7 nitrogen and oxygen atoms in total. The Morgan fingerprint density at radius 1 is 0.925 bits per heavy atom. The van der Waals surface area contributed by atoms with Gasteiger partial charge in [-0.05, 0) is 81.6 Å². The van der Waals surface area contributed by atoms with Crippen molar-refractivity contribution in [2.45, 2.75) is 46.3 Å². The van der Waals surface area contributed by atoms with Gasteiger partial charge < -0.3 is 24.2 Å². The van der Waals surface area contributed by atoms with Gasteiger partial charge in [-0.15, -0.1) is 0 Å². The number of nitrogens with zero attached hydrogens (tertiary/aromatic N) is 1. The number of hydrogen-bond acceptors (Lipinski definition) is 6. The lowest BCUT2D eigenvalue weighted by atomic mass is 9.94. The van der Waals surface area contributed by atoms with Crippen molar-refractivity contribution in [2.24, 2.45) is 0 Å². The molecule has 1 amide bonds. The monoisotopic (exact) mass is 547 g/mol. The van der Waals surface area contributed by atoms with E-state index in [1.165, 1.54) is 17.0 Å². The summed E-state index contributed by atoms with van der Waals surface area (Å²) in [6.07, 6.45) is 0.370. The quantitative estimate of drug-likeness (QED) is 0.178. The van der Waals surface area contributed by atoms with Crippen molar-refractivity contribution in [3.05, 3.63) is 94.8 Å². The maximum Gasteiger partial charge on any atom is 0.295 e. The molecule has 0 aliphatic carbocycles. The zero-order valence-electron chi connectivity index (χ0n) is 23.1. The van der Waals surface area contributed by atoms with Crippen LogP contribution in [-0.4, -0.2) is 47.6 Å². The van der Waals surface area contributed by atoms with Crippen molar-refractivity contribution in [3.63, 3.8) is 0 Å². The molecule has 8 heteroatoms. The van der Waals surface area contributed by atoms with Crippen molar-refractivity contribution in [2.75, 3.05) is 19.8 Å². The van der Waals surface area contributed by atoms with Crippen LogP contribution in [0, 0.1) is 5.82 Å². The highest BCUT2D eigenvalue weighted by atomic mass is 19.1. The van der Waals surface area contributed by atoms with Crippen LogP contribution in [0.1, 0.15) is 50.4 Å². The maximum absolute atomic E-state index is 13.5. The number of amides is 1. The van der Waals surface area contributed by atoms with Crippen molar-refractivity contribution < 1.29 is 33.3 Å². The van der Waals surface area contributed by atoms with Crippen LogP contribution in [0.5, 0.6) is 17.2 Å². The number of rotatable bonds is 11. The van der Waals surface area contributed by atoms with Gasteiger partial charge in [-0.25, -0.2) is 4.39 Å². The summed E-state index contributed by atoms with van der Waals surface area (Å²) in [7, 11) is 0. The fourth-order valence-electron chi connectivity index (χ4n) is 4.73. The highest BCUT2D eigenvalue weighted by Crippen LogP contribution is 2.42. The third-order valence-electron chi connectivity index (χ3n) is 6.48. The number of benzene rings is 3. The van der Waals surface area contributed by atoms with Gasteiger partial charge >= 0.3 is 0 Å². The summed E-state index contributed by atoms with van der Waals surface area (Å²) in [5, 5.41) is 11.6. The topological polar surface area (TPSA) is 85.3 Å². The Morgan fingerprint density at radius 3 is 2.20 bits per heavy atom. The fraction of sp³-hybridized carbons (Fsp3) is 0.312. The number of Topliss-reactive ketones (excluding diaryl/α,β-unsaturated/α-hetero) is 1. The van der Waals surface area contributed by atoms with E-state index < -0.39 is 17.7 Å². The first kappa shape index (κ1) is 28.7. The molecule has 1 atom stereocenters. The number of ether oxygens (including phenoxy) is 3. The van der Waals surface area contributed by atoms with Gasteiger partial charge in [0, 0.05) is 12.6 Å². The molecular weight excluding hydrogens is 513 g/mol. The van der Waals surface area contributed by atoms with Crippen LogP contribution in [0.2, 0.25) is 0 Å². The second kappa shape index (κ2) is 12.7. The van der Waals surface area contributed by atoms with E-state index in [0.29, 0.717) is 42.4 Å². The van der Waals surface area contributed by atoms with E-state index in [-0.39, 0.29) is 35.4 Å². The van der Waals surface area contributed by atoms with Gasteiger partial charge in [0.2, 0.25) is 0 Å². The molecule has 1 saturated heterocycles. The van der Waals surface area contributed by atoms with E-state index in [9.17, 15) is 19.1 Å². The number of aliphatic hydroxyl groups is 1. The van der Waals surface area contributed by atoms with E-state index in [1.807, 2.05) is 27.7 Å². The number of carbonyl (C=O) groups excluding carboxylic acids is 2. The third-order valence-corrected chi connectivity index (χ3v) is 6.48. The number of ketones is 1. The molecule has 1 aliphatic rings. The minimum atomic E-state index is -0.852. The van der Waals surface area contributed by atoms with E-state index in [0.717, 1.165) is 5.56 Å². The van der Waals surface area contributed by atoms with E-state index in [1.54, 1.807) is 54.6 Å². The van der Waals surface area contributed by atoms with Gasteiger partial charge in [-0.3, -0.25) is 9.59 Å². The number of likely N-dealkylation sites (tertiary alicyclic amines) is 1. The van der Waals surface area contributed by atoms with Crippen molar-refractivity contribution >= 4 is 17.4 Å². The van der Waals surface area contributed by atoms with Crippen LogP contribution >= 0.6 is 0 Å². The lowest BCUT2D eigenvalue weighted by Gasteiger charge is -2.26. The largest absolute Gasteiger partial charge is 0.507 e. The number of aliphatic hydroxyl groups excluding tert-OH is 1. The molecule has 1 N–H and O–H groups in total. The Morgan fingerprint density at radius 2 is 1.57 bits per heavy atom. The van der Waals surface area contributed by atoms with E-state index >= 15 is 0 Å². The molecular formula is C32H34FNO6. The lowest BCUT2D eigenvalue weighted by molar-refractivity contribution is -0.139. The van der Waals surface area contributed by atoms with Crippen LogP contribution in [0.4, 0.5) is 4.39 Å².